The summed E-state index contributed by atoms with van der Waals surface area (Å²) in [7, 11) is 0. The summed E-state index contributed by atoms with van der Waals surface area (Å²) in [6.45, 7) is 4.10. The molecule has 0 amide bonds. The minimum atomic E-state index is -4.53. The summed E-state index contributed by atoms with van der Waals surface area (Å²) in [6.07, 6.45) is 1.10. The first-order valence-electron chi connectivity index (χ1n) is 10.4. The maximum absolute atomic E-state index is 13.5. The molecular weight excluding hydrogens is 415 g/mol. The Kier molecular flexibility index (Phi) is 6.03. The number of anilines is 2. The van der Waals surface area contributed by atoms with E-state index in [-0.39, 0.29) is 11.4 Å². The maximum atomic E-state index is 13.5. The highest BCUT2D eigenvalue weighted by molar-refractivity contribution is 5.92. The standard InChI is InChI=1S/C24H22F3N5/c1-3-6-16-13-20(31-21-11-8-15(4-2)14-29-21)17-9-10-19(32-23(17)30-16)22-18(24(25,26)27)7-5-12-28-22/h5,7-14H,3-4,6H2,1-2H3,(H,29,30,31,32). The van der Waals surface area contributed by atoms with Gasteiger partial charge < -0.3 is 5.32 Å². The molecule has 164 valence electrons. The van der Waals surface area contributed by atoms with Gasteiger partial charge in [0.15, 0.2) is 5.65 Å². The predicted molar refractivity (Wildman–Crippen MR) is 119 cm³/mol. The van der Waals surface area contributed by atoms with Gasteiger partial charge in [-0.2, -0.15) is 13.2 Å². The Morgan fingerprint density at radius 1 is 0.969 bits per heavy atom. The number of nitrogens with one attached hydrogen (secondary N) is 1. The number of alkyl halides is 3. The van der Waals surface area contributed by atoms with Gasteiger partial charge >= 0.3 is 6.18 Å². The van der Waals surface area contributed by atoms with Crippen LogP contribution < -0.4 is 5.32 Å². The Hall–Kier alpha value is -3.55. The zero-order valence-electron chi connectivity index (χ0n) is 17.7. The molecule has 0 radical (unpaired) electrons. The summed E-state index contributed by atoms with van der Waals surface area (Å²) in [5.74, 6) is 0.672. The summed E-state index contributed by atoms with van der Waals surface area (Å²) in [4.78, 5) is 17.4. The maximum Gasteiger partial charge on any atom is 0.418 e. The van der Waals surface area contributed by atoms with Gasteiger partial charge in [0.25, 0.3) is 0 Å². The monoisotopic (exact) mass is 437 g/mol. The molecule has 0 spiro atoms. The lowest BCUT2D eigenvalue weighted by Gasteiger charge is -2.14. The highest BCUT2D eigenvalue weighted by atomic mass is 19.4. The number of rotatable bonds is 6. The van der Waals surface area contributed by atoms with Gasteiger partial charge in [0.05, 0.1) is 16.9 Å². The molecular formula is C24H22F3N5. The second-order valence-corrected chi connectivity index (χ2v) is 7.41. The molecule has 0 saturated heterocycles. The molecule has 4 rings (SSSR count). The summed E-state index contributed by atoms with van der Waals surface area (Å²) >= 11 is 0. The number of aromatic nitrogens is 4. The van der Waals surface area contributed by atoms with Crippen LogP contribution in [0.25, 0.3) is 22.4 Å². The Labute approximate surface area is 183 Å². The van der Waals surface area contributed by atoms with Crippen molar-refractivity contribution in [2.45, 2.75) is 39.3 Å². The van der Waals surface area contributed by atoms with Crippen molar-refractivity contribution in [3.8, 4) is 11.4 Å². The van der Waals surface area contributed by atoms with Crippen LogP contribution in [0, 0.1) is 0 Å². The lowest BCUT2D eigenvalue weighted by atomic mass is 10.1. The highest BCUT2D eigenvalue weighted by Gasteiger charge is 2.34. The second-order valence-electron chi connectivity index (χ2n) is 7.41. The summed E-state index contributed by atoms with van der Waals surface area (Å²) in [6, 6.07) is 11.4. The van der Waals surface area contributed by atoms with E-state index in [1.807, 2.05) is 31.3 Å². The molecule has 0 unspecified atom stereocenters. The number of fused-ring (bicyclic) bond motifs is 1. The van der Waals surface area contributed by atoms with Crippen LogP contribution in [0.4, 0.5) is 24.7 Å². The lowest BCUT2D eigenvalue weighted by molar-refractivity contribution is -0.137. The second kappa shape index (κ2) is 8.90. The largest absolute Gasteiger partial charge is 0.418 e. The molecule has 0 aromatic carbocycles. The summed E-state index contributed by atoms with van der Waals surface area (Å²) < 4.78 is 40.4. The number of hydrogen-bond donors (Lipinski definition) is 1. The number of pyridine rings is 4. The third-order valence-electron chi connectivity index (χ3n) is 5.08. The van der Waals surface area contributed by atoms with Crippen LogP contribution in [0.15, 0.2) is 54.9 Å². The van der Waals surface area contributed by atoms with E-state index in [1.165, 1.54) is 12.3 Å². The van der Waals surface area contributed by atoms with Gasteiger partial charge in [0.1, 0.15) is 11.5 Å². The fraction of sp³-hybridized carbons (Fsp3) is 0.250. The van der Waals surface area contributed by atoms with Crippen LogP contribution in [0.5, 0.6) is 0 Å². The van der Waals surface area contributed by atoms with Crippen LogP contribution in [0.1, 0.15) is 37.1 Å². The van der Waals surface area contributed by atoms with Crippen molar-refractivity contribution in [2.24, 2.45) is 0 Å². The van der Waals surface area contributed by atoms with E-state index in [0.717, 1.165) is 42.3 Å². The normalized spacial score (nSPS) is 11.7. The molecule has 0 fully saturated rings. The van der Waals surface area contributed by atoms with Crippen LogP contribution in [-0.2, 0) is 19.0 Å². The van der Waals surface area contributed by atoms with Crippen molar-refractivity contribution in [1.82, 2.24) is 19.9 Å². The molecule has 0 aliphatic heterocycles. The predicted octanol–water partition coefficient (Wildman–Crippen LogP) is 6.36. The molecule has 4 aromatic heterocycles. The number of nitrogens with zero attached hydrogens (tertiary/aromatic N) is 4. The number of halogens is 3. The van der Waals surface area contributed by atoms with Crippen LogP contribution >= 0.6 is 0 Å². The average molecular weight is 437 g/mol. The fourth-order valence-corrected chi connectivity index (χ4v) is 3.46. The Morgan fingerprint density at radius 3 is 2.50 bits per heavy atom. The Balaban J connectivity index is 1.81. The molecule has 5 nitrogen and oxygen atoms in total. The van der Waals surface area contributed by atoms with Gasteiger partial charge in [-0.15, -0.1) is 0 Å². The van der Waals surface area contributed by atoms with Gasteiger partial charge in [-0.3, -0.25) is 4.98 Å². The molecule has 4 heterocycles. The van der Waals surface area contributed by atoms with Gasteiger partial charge in [-0.05, 0) is 54.8 Å². The highest BCUT2D eigenvalue weighted by Crippen LogP contribution is 2.36. The quantitative estimate of drug-likeness (QED) is 0.380. The third kappa shape index (κ3) is 4.54. The van der Waals surface area contributed by atoms with Gasteiger partial charge in [0, 0.05) is 23.5 Å². The first kappa shape index (κ1) is 21.7. The minimum Gasteiger partial charge on any atom is -0.340 e. The van der Waals surface area contributed by atoms with Crippen molar-refractivity contribution < 1.29 is 13.2 Å². The smallest absolute Gasteiger partial charge is 0.340 e. The lowest BCUT2D eigenvalue weighted by Crippen LogP contribution is -2.09. The molecule has 0 aliphatic rings. The SMILES string of the molecule is CCCc1cc(Nc2ccc(CC)cn2)c2ccc(-c3ncccc3C(F)(F)F)nc2n1. The van der Waals surface area contributed by atoms with Crippen LogP contribution in [-0.4, -0.2) is 19.9 Å². The first-order valence-corrected chi connectivity index (χ1v) is 10.4. The van der Waals surface area contributed by atoms with E-state index in [9.17, 15) is 13.2 Å². The van der Waals surface area contributed by atoms with Crippen LogP contribution in [0.2, 0.25) is 0 Å². The molecule has 8 heteroatoms. The van der Waals surface area contributed by atoms with Gasteiger partial charge in [-0.25, -0.2) is 15.0 Å². The zero-order valence-corrected chi connectivity index (χ0v) is 17.7. The average Bonchev–Trinajstić information content (AvgIpc) is 2.79. The van der Waals surface area contributed by atoms with Crippen molar-refractivity contribution in [3.05, 3.63) is 71.7 Å². The molecule has 0 aliphatic carbocycles. The van der Waals surface area contributed by atoms with E-state index in [2.05, 4.69) is 32.2 Å². The van der Waals surface area contributed by atoms with E-state index in [0.29, 0.717) is 16.9 Å². The molecule has 4 aromatic rings. The van der Waals surface area contributed by atoms with Gasteiger partial charge in [-0.1, -0.05) is 26.3 Å². The molecule has 0 bridgehead atoms. The fourth-order valence-electron chi connectivity index (χ4n) is 3.46. The Bertz CT molecular complexity index is 1240. The van der Waals surface area contributed by atoms with E-state index >= 15 is 0 Å². The molecule has 0 atom stereocenters. The zero-order chi connectivity index (χ0) is 22.7. The third-order valence-corrected chi connectivity index (χ3v) is 5.08. The van der Waals surface area contributed by atoms with Crippen LogP contribution in [0.3, 0.4) is 0 Å². The number of hydrogen-bond acceptors (Lipinski definition) is 5. The molecule has 0 saturated carbocycles. The summed E-state index contributed by atoms with van der Waals surface area (Å²) in [5, 5.41) is 4.00. The van der Waals surface area contributed by atoms with Crippen molar-refractivity contribution in [2.75, 3.05) is 5.32 Å². The molecule has 1 N–H and O–H groups in total. The van der Waals surface area contributed by atoms with Crippen molar-refractivity contribution in [3.63, 3.8) is 0 Å². The van der Waals surface area contributed by atoms with Gasteiger partial charge in [0.2, 0.25) is 0 Å². The topological polar surface area (TPSA) is 63.6 Å². The summed E-state index contributed by atoms with van der Waals surface area (Å²) in [5.41, 5.74) is 2.14. The first-order chi connectivity index (χ1) is 15.4. The van der Waals surface area contributed by atoms with E-state index < -0.39 is 11.7 Å². The van der Waals surface area contributed by atoms with E-state index in [4.69, 9.17) is 0 Å². The number of aryl methyl sites for hydroxylation is 2. The molecule has 32 heavy (non-hydrogen) atoms. The van der Waals surface area contributed by atoms with E-state index in [1.54, 1.807) is 12.1 Å². The van der Waals surface area contributed by atoms with Crippen molar-refractivity contribution in [1.29, 1.82) is 0 Å². The Morgan fingerprint density at radius 2 is 1.81 bits per heavy atom. The minimum absolute atomic E-state index is 0.128. The van der Waals surface area contributed by atoms with Crippen molar-refractivity contribution >= 4 is 22.5 Å².